The molecule has 0 atom stereocenters. The minimum atomic E-state index is -1.10. The first-order valence-corrected chi connectivity index (χ1v) is 3.87. The first-order valence-electron chi connectivity index (χ1n) is 3.87. The van der Waals surface area contributed by atoms with E-state index < -0.39 is 5.97 Å². The van der Waals surface area contributed by atoms with Gasteiger partial charge in [0.25, 0.3) is 0 Å². The normalized spacial score (nSPS) is 16.3. The zero-order valence-corrected chi connectivity index (χ0v) is 6.62. The Kier molecular flexibility index (Phi) is 2.85. The van der Waals surface area contributed by atoms with Gasteiger partial charge in [-0.1, -0.05) is 0 Å². The fraction of sp³-hybridized carbons (Fsp3) is 0.500. The Bertz CT molecular complexity index is 218. The summed E-state index contributed by atoms with van der Waals surface area (Å²) in [6, 6.07) is 0. The van der Waals surface area contributed by atoms with Crippen molar-refractivity contribution in [1.29, 1.82) is 0 Å². The molecule has 4 nitrogen and oxygen atoms in total. The zero-order valence-electron chi connectivity index (χ0n) is 6.62. The van der Waals surface area contributed by atoms with E-state index in [4.69, 9.17) is 5.11 Å². The lowest BCUT2D eigenvalue weighted by Crippen LogP contribution is -2.23. The molecule has 0 unspecified atom stereocenters. The number of carboxylic acids is 1. The van der Waals surface area contributed by atoms with Crippen LogP contribution in [0.5, 0.6) is 0 Å². The molecule has 66 valence electrons. The van der Waals surface area contributed by atoms with E-state index in [-0.39, 0.29) is 5.91 Å². The molecule has 0 aliphatic heterocycles. The second-order valence-corrected chi connectivity index (χ2v) is 2.86. The molecule has 0 heterocycles. The van der Waals surface area contributed by atoms with Gasteiger partial charge in [-0.25, -0.2) is 4.79 Å². The molecule has 1 amide bonds. The molecule has 1 fully saturated rings. The Morgan fingerprint density at radius 3 is 2.58 bits per heavy atom. The summed E-state index contributed by atoms with van der Waals surface area (Å²) in [7, 11) is 0. The van der Waals surface area contributed by atoms with E-state index in [2.05, 4.69) is 5.32 Å². The molecule has 0 aromatic heterocycles. The summed E-state index contributed by atoms with van der Waals surface area (Å²) < 4.78 is 0. The highest BCUT2D eigenvalue weighted by molar-refractivity contribution is 5.93. The lowest BCUT2D eigenvalue weighted by molar-refractivity contribution is -0.131. The van der Waals surface area contributed by atoms with Crippen molar-refractivity contribution in [2.45, 2.75) is 12.8 Å². The zero-order chi connectivity index (χ0) is 8.97. The average Bonchev–Trinajstić information content (AvgIpc) is 2.80. The highest BCUT2D eigenvalue weighted by atomic mass is 16.4. The molecule has 0 radical (unpaired) electrons. The van der Waals surface area contributed by atoms with Crippen LogP contribution in [0.2, 0.25) is 0 Å². The molecular weight excluding hydrogens is 158 g/mol. The number of amides is 1. The Morgan fingerprint density at radius 2 is 2.08 bits per heavy atom. The van der Waals surface area contributed by atoms with Crippen LogP contribution < -0.4 is 5.32 Å². The monoisotopic (exact) mass is 169 g/mol. The van der Waals surface area contributed by atoms with E-state index in [1.54, 1.807) is 0 Å². The number of carbonyl (C=O) groups is 2. The molecule has 1 rings (SSSR count). The standard InChI is InChI=1S/C8H11NO3/c10-7(3-4-8(11)12)9-5-6-1-2-6/h3-4,6H,1-2,5H2,(H,9,10)(H,11,12)/b4-3-. The van der Waals surface area contributed by atoms with E-state index in [0.29, 0.717) is 12.5 Å². The highest BCUT2D eigenvalue weighted by Crippen LogP contribution is 2.27. The van der Waals surface area contributed by atoms with E-state index in [0.717, 1.165) is 12.2 Å². The number of aliphatic carboxylic acids is 1. The maximum Gasteiger partial charge on any atom is 0.328 e. The summed E-state index contributed by atoms with van der Waals surface area (Å²) >= 11 is 0. The van der Waals surface area contributed by atoms with Crippen molar-refractivity contribution < 1.29 is 14.7 Å². The molecule has 4 heteroatoms. The van der Waals surface area contributed by atoms with Crippen LogP contribution in [0.15, 0.2) is 12.2 Å². The van der Waals surface area contributed by atoms with E-state index >= 15 is 0 Å². The van der Waals surface area contributed by atoms with Crippen molar-refractivity contribution in [2.75, 3.05) is 6.54 Å². The molecule has 2 N–H and O–H groups in total. The van der Waals surface area contributed by atoms with Gasteiger partial charge >= 0.3 is 5.97 Å². The van der Waals surface area contributed by atoms with Gasteiger partial charge in [0.1, 0.15) is 0 Å². The number of carboxylic acid groups (broad SMARTS) is 1. The third-order valence-electron chi connectivity index (χ3n) is 1.64. The second-order valence-electron chi connectivity index (χ2n) is 2.86. The van der Waals surface area contributed by atoms with Gasteiger partial charge in [-0.15, -0.1) is 0 Å². The SMILES string of the molecule is O=C(O)/C=C\C(=O)NCC1CC1. The van der Waals surface area contributed by atoms with Gasteiger partial charge in [0, 0.05) is 18.7 Å². The molecule has 0 aromatic carbocycles. The molecular formula is C8H11NO3. The lowest BCUT2D eigenvalue weighted by Gasteiger charge is -1.97. The van der Waals surface area contributed by atoms with Crippen LogP contribution in [0.1, 0.15) is 12.8 Å². The van der Waals surface area contributed by atoms with Crippen LogP contribution in [-0.2, 0) is 9.59 Å². The summed E-state index contributed by atoms with van der Waals surface area (Å²) in [5.41, 5.74) is 0. The van der Waals surface area contributed by atoms with Crippen molar-refractivity contribution in [3.63, 3.8) is 0 Å². The summed E-state index contributed by atoms with van der Waals surface area (Å²) in [6.45, 7) is 0.669. The van der Waals surface area contributed by atoms with Crippen LogP contribution in [0, 0.1) is 5.92 Å². The second kappa shape index (κ2) is 3.90. The Hall–Kier alpha value is -1.32. The molecule has 0 bridgehead atoms. The van der Waals surface area contributed by atoms with Crippen LogP contribution >= 0.6 is 0 Å². The van der Waals surface area contributed by atoms with Gasteiger partial charge < -0.3 is 10.4 Å². The van der Waals surface area contributed by atoms with Gasteiger partial charge in [0.05, 0.1) is 0 Å². The summed E-state index contributed by atoms with van der Waals surface area (Å²) in [5.74, 6) is -0.812. The number of nitrogens with one attached hydrogen (secondary N) is 1. The largest absolute Gasteiger partial charge is 0.478 e. The Morgan fingerprint density at radius 1 is 1.42 bits per heavy atom. The van der Waals surface area contributed by atoms with Gasteiger partial charge in [0.15, 0.2) is 0 Å². The predicted octanol–water partition coefficient (Wildman–Crippen LogP) is 0.153. The van der Waals surface area contributed by atoms with Crippen LogP contribution in [-0.4, -0.2) is 23.5 Å². The van der Waals surface area contributed by atoms with Crippen LogP contribution in [0.25, 0.3) is 0 Å². The molecule has 1 aliphatic rings. The number of hydrogen-bond acceptors (Lipinski definition) is 2. The lowest BCUT2D eigenvalue weighted by atomic mass is 10.4. The minimum absolute atomic E-state index is 0.329. The Labute approximate surface area is 70.3 Å². The summed E-state index contributed by atoms with van der Waals surface area (Å²) in [6.07, 6.45) is 4.21. The minimum Gasteiger partial charge on any atom is -0.478 e. The fourth-order valence-corrected chi connectivity index (χ4v) is 0.773. The molecule has 1 aliphatic carbocycles. The van der Waals surface area contributed by atoms with Gasteiger partial charge in [-0.3, -0.25) is 4.79 Å². The third-order valence-corrected chi connectivity index (χ3v) is 1.64. The van der Waals surface area contributed by atoms with Gasteiger partial charge in [-0.2, -0.15) is 0 Å². The van der Waals surface area contributed by atoms with Crippen molar-refractivity contribution in [3.8, 4) is 0 Å². The Balaban J connectivity index is 2.13. The first kappa shape index (κ1) is 8.77. The summed E-state index contributed by atoms with van der Waals surface area (Å²) in [5, 5.41) is 10.8. The quantitative estimate of drug-likeness (QED) is 0.589. The predicted molar refractivity (Wildman–Crippen MR) is 42.5 cm³/mol. The number of rotatable bonds is 4. The van der Waals surface area contributed by atoms with Gasteiger partial charge in [-0.05, 0) is 18.8 Å². The van der Waals surface area contributed by atoms with Crippen LogP contribution in [0.3, 0.4) is 0 Å². The summed E-state index contributed by atoms with van der Waals surface area (Å²) in [4.78, 5) is 20.8. The van der Waals surface area contributed by atoms with Crippen molar-refractivity contribution in [2.24, 2.45) is 5.92 Å². The van der Waals surface area contributed by atoms with Crippen LogP contribution in [0.4, 0.5) is 0 Å². The molecule has 0 saturated heterocycles. The van der Waals surface area contributed by atoms with E-state index in [9.17, 15) is 9.59 Å². The average molecular weight is 169 g/mol. The molecule has 0 aromatic rings. The first-order chi connectivity index (χ1) is 5.68. The highest BCUT2D eigenvalue weighted by Gasteiger charge is 2.20. The van der Waals surface area contributed by atoms with Gasteiger partial charge in [0.2, 0.25) is 5.91 Å². The third kappa shape index (κ3) is 3.75. The van der Waals surface area contributed by atoms with Crippen molar-refractivity contribution in [3.05, 3.63) is 12.2 Å². The molecule has 1 saturated carbocycles. The number of carbonyl (C=O) groups excluding carboxylic acids is 1. The van der Waals surface area contributed by atoms with Crippen molar-refractivity contribution >= 4 is 11.9 Å². The maximum absolute atomic E-state index is 10.8. The molecule has 0 spiro atoms. The molecule has 12 heavy (non-hydrogen) atoms. The smallest absolute Gasteiger partial charge is 0.328 e. The van der Waals surface area contributed by atoms with E-state index in [1.165, 1.54) is 12.8 Å². The van der Waals surface area contributed by atoms with E-state index in [1.807, 2.05) is 0 Å². The fourth-order valence-electron chi connectivity index (χ4n) is 0.773. The van der Waals surface area contributed by atoms with Crippen molar-refractivity contribution in [1.82, 2.24) is 5.32 Å². The maximum atomic E-state index is 10.8. The topological polar surface area (TPSA) is 66.4 Å². The number of hydrogen-bond donors (Lipinski definition) is 2.